The Kier molecular flexibility index (Phi) is 5.01. The van der Waals surface area contributed by atoms with E-state index in [-0.39, 0.29) is 0 Å². The Balaban J connectivity index is 1.55. The average molecular weight is 309 g/mol. The smallest absolute Gasteiger partial charge is 0.184 e. The van der Waals surface area contributed by atoms with Gasteiger partial charge in [-0.3, -0.25) is 4.68 Å². The Bertz CT molecular complexity index is 741. The number of nitrogens with zero attached hydrogens (tertiary/aromatic N) is 3. The van der Waals surface area contributed by atoms with Crippen LogP contribution < -0.4 is 4.74 Å². The predicted molar refractivity (Wildman–Crippen MR) is 88.1 cm³/mol. The maximum Gasteiger partial charge on any atom is 0.184 e. The Labute approximate surface area is 135 Å². The standard InChI is InChI=1S/C18H19N3O2/c1-22-17-10-6-5-9-16(17)18-19-14-21(20-18)11-12-23-13-15-7-3-2-4-8-15/h2-10,14H,11-13H2,1H3. The lowest BCUT2D eigenvalue weighted by molar-refractivity contribution is 0.111. The zero-order valence-electron chi connectivity index (χ0n) is 13.1. The van der Waals surface area contributed by atoms with Crippen molar-refractivity contribution in [2.45, 2.75) is 13.2 Å². The maximum atomic E-state index is 5.67. The summed E-state index contributed by atoms with van der Waals surface area (Å²) in [7, 11) is 1.65. The Morgan fingerprint density at radius 3 is 2.61 bits per heavy atom. The second kappa shape index (κ2) is 7.56. The number of rotatable bonds is 7. The monoisotopic (exact) mass is 309 g/mol. The van der Waals surface area contributed by atoms with Gasteiger partial charge >= 0.3 is 0 Å². The second-order valence-electron chi connectivity index (χ2n) is 5.07. The van der Waals surface area contributed by atoms with Crippen LogP contribution in [-0.2, 0) is 17.9 Å². The molecule has 5 nitrogen and oxygen atoms in total. The van der Waals surface area contributed by atoms with Gasteiger partial charge in [0.05, 0.1) is 32.4 Å². The lowest BCUT2D eigenvalue weighted by atomic mass is 10.2. The molecule has 0 unspecified atom stereocenters. The molecule has 118 valence electrons. The molecule has 1 aromatic heterocycles. The molecule has 3 rings (SSSR count). The predicted octanol–water partition coefficient (Wildman–Crippen LogP) is 3.17. The van der Waals surface area contributed by atoms with Crippen molar-refractivity contribution in [1.29, 1.82) is 0 Å². The van der Waals surface area contributed by atoms with Crippen LogP contribution >= 0.6 is 0 Å². The van der Waals surface area contributed by atoms with Gasteiger partial charge in [-0.2, -0.15) is 5.10 Å². The molecule has 0 amide bonds. The fourth-order valence-electron chi connectivity index (χ4n) is 2.28. The van der Waals surface area contributed by atoms with Crippen LogP contribution in [0.3, 0.4) is 0 Å². The topological polar surface area (TPSA) is 49.2 Å². The van der Waals surface area contributed by atoms with E-state index in [0.29, 0.717) is 25.6 Å². The van der Waals surface area contributed by atoms with Crippen LogP contribution in [0.1, 0.15) is 5.56 Å². The molecule has 0 atom stereocenters. The van der Waals surface area contributed by atoms with Crippen molar-refractivity contribution in [1.82, 2.24) is 14.8 Å². The van der Waals surface area contributed by atoms with E-state index in [2.05, 4.69) is 22.2 Å². The highest BCUT2D eigenvalue weighted by molar-refractivity contribution is 5.63. The molecule has 3 aromatic rings. The average Bonchev–Trinajstić information content (AvgIpc) is 3.08. The SMILES string of the molecule is COc1ccccc1-c1ncn(CCOCc2ccccc2)n1. The molecule has 0 bridgehead atoms. The van der Waals surface area contributed by atoms with Gasteiger partial charge in [0.1, 0.15) is 12.1 Å². The molecule has 2 aromatic carbocycles. The van der Waals surface area contributed by atoms with Gasteiger partial charge in [-0.15, -0.1) is 0 Å². The number of hydrogen-bond donors (Lipinski definition) is 0. The minimum atomic E-state index is 0.587. The zero-order valence-corrected chi connectivity index (χ0v) is 13.1. The maximum absolute atomic E-state index is 5.67. The second-order valence-corrected chi connectivity index (χ2v) is 5.07. The first-order valence-corrected chi connectivity index (χ1v) is 7.51. The third kappa shape index (κ3) is 3.96. The fourth-order valence-corrected chi connectivity index (χ4v) is 2.28. The van der Waals surface area contributed by atoms with Gasteiger partial charge in [0.15, 0.2) is 5.82 Å². The molecular formula is C18H19N3O2. The molecule has 0 saturated carbocycles. The van der Waals surface area contributed by atoms with Crippen LogP contribution in [0.2, 0.25) is 0 Å². The summed E-state index contributed by atoms with van der Waals surface area (Å²) in [5, 5.41) is 4.48. The van der Waals surface area contributed by atoms with E-state index in [9.17, 15) is 0 Å². The summed E-state index contributed by atoms with van der Waals surface area (Å²) in [5.74, 6) is 1.43. The number of aromatic nitrogens is 3. The molecule has 0 fully saturated rings. The Morgan fingerprint density at radius 1 is 1.00 bits per heavy atom. The highest BCUT2D eigenvalue weighted by atomic mass is 16.5. The Hall–Kier alpha value is -2.66. The van der Waals surface area contributed by atoms with Gasteiger partial charge in [0, 0.05) is 0 Å². The van der Waals surface area contributed by atoms with Crippen molar-refractivity contribution in [2.24, 2.45) is 0 Å². The highest BCUT2D eigenvalue weighted by Gasteiger charge is 2.09. The molecule has 0 radical (unpaired) electrons. The van der Waals surface area contributed by atoms with Crippen LogP contribution in [-0.4, -0.2) is 28.5 Å². The zero-order chi connectivity index (χ0) is 15.9. The highest BCUT2D eigenvalue weighted by Crippen LogP contribution is 2.26. The number of ether oxygens (including phenoxy) is 2. The van der Waals surface area contributed by atoms with Crippen LogP contribution in [0.4, 0.5) is 0 Å². The summed E-state index contributed by atoms with van der Waals surface area (Å²) in [6, 6.07) is 17.8. The molecule has 1 heterocycles. The first kappa shape index (κ1) is 15.2. The van der Waals surface area contributed by atoms with Gasteiger partial charge in [0.2, 0.25) is 0 Å². The van der Waals surface area contributed by atoms with Crippen LogP contribution in [0.15, 0.2) is 60.9 Å². The first-order valence-electron chi connectivity index (χ1n) is 7.51. The van der Waals surface area contributed by atoms with E-state index in [1.165, 1.54) is 5.56 Å². The fraction of sp³-hybridized carbons (Fsp3) is 0.222. The summed E-state index contributed by atoms with van der Waals surface area (Å²) in [5.41, 5.74) is 2.06. The third-order valence-corrected chi connectivity index (χ3v) is 3.46. The van der Waals surface area contributed by atoms with Crippen molar-refractivity contribution in [3.8, 4) is 17.1 Å². The number of methoxy groups -OCH3 is 1. The summed E-state index contributed by atoms with van der Waals surface area (Å²) in [6.07, 6.45) is 1.72. The van der Waals surface area contributed by atoms with Crippen LogP contribution in [0.25, 0.3) is 11.4 Å². The van der Waals surface area contributed by atoms with Crippen molar-refractivity contribution in [2.75, 3.05) is 13.7 Å². The third-order valence-electron chi connectivity index (χ3n) is 3.46. The molecule has 0 saturated heterocycles. The van der Waals surface area contributed by atoms with Crippen LogP contribution in [0, 0.1) is 0 Å². The summed E-state index contributed by atoms with van der Waals surface area (Å²) in [6.45, 7) is 1.85. The van der Waals surface area contributed by atoms with E-state index in [4.69, 9.17) is 9.47 Å². The number of benzene rings is 2. The lowest BCUT2D eigenvalue weighted by Crippen LogP contribution is -2.06. The van der Waals surface area contributed by atoms with Gasteiger partial charge in [0.25, 0.3) is 0 Å². The lowest BCUT2D eigenvalue weighted by Gasteiger charge is -2.05. The Morgan fingerprint density at radius 2 is 1.78 bits per heavy atom. The molecule has 23 heavy (non-hydrogen) atoms. The van der Waals surface area contributed by atoms with Crippen molar-refractivity contribution >= 4 is 0 Å². The first-order chi connectivity index (χ1) is 11.4. The van der Waals surface area contributed by atoms with Crippen molar-refractivity contribution in [3.05, 3.63) is 66.5 Å². The molecular weight excluding hydrogens is 290 g/mol. The normalized spacial score (nSPS) is 10.7. The van der Waals surface area contributed by atoms with Gasteiger partial charge in [-0.05, 0) is 17.7 Å². The number of para-hydroxylation sites is 1. The van der Waals surface area contributed by atoms with Gasteiger partial charge in [-0.25, -0.2) is 4.98 Å². The van der Waals surface area contributed by atoms with Gasteiger partial charge < -0.3 is 9.47 Å². The number of hydrogen-bond acceptors (Lipinski definition) is 4. The van der Waals surface area contributed by atoms with Crippen LogP contribution in [0.5, 0.6) is 5.75 Å². The molecule has 0 spiro atoms. The molecule has 0 aliphatic carbocycles. The summed E-state index contributed by atoms with van der Waals surface area (Å²) < 4.78 is 12.8. The van der Waals surface area contributed by atoms with E-state index in [1.54, 1.807) is 18.1 Å². The molecule has 0 N–H and O–H groups in total. The van der Waals surface area contributed by atoms with E-state index in [1.807, 2.05) is 42.5 Å². The summed E-state index contributed by atoms with van der Waals surface area (Å²) >= 11 is 0. The quantitative estimate of drug-likeness (QED) is 0.629. The summed E-state index contributed by atoms with van der Waals surface area (Å²) in [4.78, 5) is 4.35. The molecule has 5 heteroatoms. The van der Waals surface area contributed by atoms with Gasteiger partial charge in [-0.1, -0.05) is 42.5 Å². The van der Waals surface area contributed by atoms with Crippen molar-refractivity contribution < 1.29 is 9.47 Å². The largest absolute Gasteiger partial charge is 0.496 e. The minimum Gasteiger partial charge on any atom is -0.496 e. The van der Waals surface area contributed by atoms with E-state index < -0.39 is 0 Å². The van der Waals surface area contributed by atoms with Crippen molar-refractivity contribution in [3.63, 3.8) is 0 Å². The molecule has 0 aliphatic rings. The van der Waals surface area contributed by atoms with E-state index in [0.717, 1.165) is 11.3 Å². The molecule has 0 aliphatic heterocycles. The van der Waals surface area contributed by atoms with E-state index >= 15 is 0 Å². The minimum absolute atomic E-state index is 0.587.